The summed E-state index contributed by atoms with van der Waals surface area (Å²) in [5.74, 6) is 0.705. The lowest BCUT2D eigenvalue weighted by molar-refractivity contribution is 0.662. The average molecular weight is 727 g/mol. The first kappa shape index (κ1) is 33.2. The van der Waals surface area contributed by atoms with Crippen LogP contribution in [0.3, 0.4) is 0 Å². The fourth-order valence-electron chi connectivity index (χ4n) is 9.43. The second-order valence-corrected chi connectivity index (χ2v) is 15.7. The highest BCUT2D eigenvalue weighted by molar-refractivity contribution is 6.20. The van der Waals surface area contributed by atoms with Gasteiger partial charge in [-0.25, -0.2) is 9.97 Å². The van der Waals surface area contributed by atoms with Crippen LogP contribution < -0.4 is 0 Å². The lowest BCUT2D eigenvalue weighted by Gasteiger charge is -2.25. The topological polar surface area (TPSA) is 25.8 Å². The molecule has 0 unspecified atom stereocenters. The van der Waals surface area contributed by atoms with E-state index in [0.29, 0.717) is 5.82 Å². The Morgan fingerprint density at radius 1 is 0.351 bits per heavy atom. The summed E-state index contributed by atoms with van der Waals surface area (Å²) in [7, 11) is 0. The molecule has 0 saturated heterocycles. The van der Waals surface area contributed by atoms with Gasteiger partial charge in [0.05, 0.1) is 11.4 Å². The van der Waals surface area contributed by atoms with Crippen LogP contribution in [0.1, 0.15) is 25.0 Å². The summed E-state index contributed by atoms with van der Waals surface area (Å²) >= 11 is 0. The Morgan fingerprint density at radius 3 is 1.79 bits per heavy atom. The molecule has 0 bridgehead atoms. The minimum absolute atomic E-state index is 0.153. The van der Waals surface area contributed by atoms with Gasteiger partial charge in [-0.15, -0.1) is 0 Å². The van der Waals surface area contributed by atoms with Crippen molar-refractivity contribution in [3.05, 3.63) is 205 Å². The van der Waals surface area contributed by atoms with Gasteiger partial charge in [-0.3, -0.25) is 0 Å². The van der Waals surface area contributed by atoms with E-state index in [-0.39, 0.29) is 5.41 Å². The van der Waals surface area contributed by atoms with Crippen molar-refractivity contribution in [3.63, 3.8) is 0 Å². The summed E-state index contributed by atoms with van der Waals surface area (Å²) < 4.78 is 0. The fraction of sp³-hybridized carbons (Fsp3) is 0.0545. The quantitative estimate of drug-likeness (QED) is 0.130. The second kappa shape index (κ2) is 13.0. The van der Waals surface area contributed by atoms with Crippen LogP contribution in [-0.2, 0) is 5.41 Å². The normalized spacial score (nSPS) is 12.9. The van der Waals surface area contributed by atoms with Crippen molar-refractivity contribution in [2.45, 2.75) is 19.3 Å². The molecule has 0 N–H and O–H groups in total. The third-order valence-corrected chi connectivity index (χ3v) is 12.0. The summed E-state index contributed by atoms with van der Waals surface area (Å²) in [4.78, 5) is 10.6. The molecule has 268 valence electrons. The number of hydrogen-bond donors (Lipinski definition) is 0. The molecule has 0 aliphatic heterocycles. The van der Waals surface area contributed by atoms with Gasteiger partial charge in [0.15, 0.2) is 5.82 Å². The third kappa shape index (κ3) is 5.33. The zero-order chi connectivity index (χ0) is 38.1. The van der Waals surface area contributed by atoms with E-state index in [2.05, 4.69) is 202 Å². The van der Waals surface area contributed by atoms with Gasteiger partial charge in [0.1, 0.15) is 0 Å². The lowest BCUT2D eigenvalue weighted by Crippen LogP contribution is -2.16. The Labute approximate surface area is 332 Å². The summed E-state index contributed by atoms with van der Waals surface area (Å²) in [6.07, 6.45) is 0. The molecule has 0 atom stereocenters. The minimum atomic E-state index is -0.153. The van der Waals surface area contributed by atoms with E-state index in [4.69, 9.17) is 9.97 Å². The maximum absolute atomic E-state index is 5.34. The van der Waals surface area contributed by atoms with Gasteiger partial charge in [-0.1, -0.05) is 190 Å². The highest BCUT2D eigenvalue weighted by Gasteiger charge is 2.37. The van der Waals surface area contributed by atoms with Crippen molar-refractivity contribution >= 4 is 32.3 Å². The largest absolute Gasteiger partial charge is 0.228 e. The van der Waals surface area contributed by atoms with Crippen molar-refractivity contribution in [2.75, 3.05) is 0 Å². The Balaban J connectivity index is 1.12. The van der Waals surface area contributed by atoms with Gasteiger partial charge >= 0.3 is 0 Å². The van der Waals surface area contributed by atoms with Gasteiger partial charge in [-0.2, -0.15) is 0 Å². The first-order valence-corrected chi connectivity index (χ1v) is 19.7. The molecule has 10 aromatic rings. The molecule has 0 radical (unpaired) electrons. The van der Waals surface area contributed by atoms with Crippen molar-refractivity contribution in [3.8, 4) is 67.3 Å². The summed E-state index contributed by atoms with van der Waals surface area (Å²) in [6.45, 7) is 4.71. The number of rotatable bonds is 5. The van der Waals surface area contributed by atoms with Crippen LogP contribution in [0.25, 0.3) is 99.6 Å². The first-order valence-electron chi connectivity index (χ1n) is 19.7. The predicted octanol–water partition coefficient (Wildman–Crippen LogP) is 14.6. The van der Waals surface area contributed by atoms with Crippen LogP contribution in [-0.4, -0.2) is 9.97 Å². The van der Waals surface area contributed by atoms with Crippen LogP contribution in [0.2, 0.25) is 0 Å². The summed E-state index contributed by atoms with van der Waals surface area (Å²) in [5, 5.41) is 7.48. The lowest BCUT2D eigenvalue weighted by atomic mass is 9.78. The molecule has 0 saturated carbocycles. The molecule has 1 aliphatic rings. The number of nitrogens with zero attached hydrogens (tertiary/aromatic N) is 2. The smallest absolute Gasteiger partial charge is 0.160 e. The number of aromatic nitrogens is 2. The van der Waals surface area contributed by atoms with Crippen LogP contribution in [0.5, 0.6) is 0 Å². The van der Waals surface area contributed by atoms with Crippen LogP contribution in [0.4, 0.5) is 0 Å². The average Bonchev–Trinajstić information content (AvgIpc) is 3.51. The third-order valence-electron chi connectivity index (χ3n) is 12.0. The van der Waals surface area contributed by atoms with E-state index in [1.165, 1.54) is 71.3 Å². The van der Waals surface area contributed by atoms with E-state index in [9.17, 15) is 0 Å². The monoisotopic (exact) mass is 726 g/mol. The molecular formula is C55H38N2. The van der Waals surface area contributed by atoms with Gasteiger partial charge in [0.25, 0.3) is 0 Å². The molecule has 1 aliphatic carbocycles. The maximum atomic E-state index is 5.34. The van der Waals surface area contributed by atoms with Gasteiger partial charge in [0, 0.05) is 22.1 Å². The van der Waals surface area contributed by atoms with Crippen molar-refractivity contribution in [1.29, 1.82) is 0 Å². The van der Waals surface area contributed by atoms with Gasteiger partial charge in [0.2, 0.25) is 0 Å². The standard InChI is InChI=1S/C55H38N2/c1-55(2)49-29-13-12-25-43(49)47-28-15-27-46(53(47)55)42-24-10-11-26-44(42)51-34-50(56-54(57-51)36-17-4-3-5-18-36)38-20-14-21-39(32-38)52-41-23-9-7-19-37(41)33-48-40-22-8-6-16-35(40)30-31-45(48)52/h3-34H,1-2H3. The molecule has 1 aromatic heterocycles. The molecule has 2 nitrogen and oxygen atoms in total. The zero-order valence-electron chi connectivity index (χ0n) is 31.9. The Hall–Kier alpha value is -7.16. The number of hydrogen-bond acceptors (Lipinski definition) is 2. The molecule has 11 rings (SSSR count). The van der Waals surface area contributed by atoms with Crippen LogP contribution in [0.15, 0.2) is 194 Å². The van der Waals surface area contributed by atoms with E-state index in [1.54, 1.807) is 0 Å². The van der Waals surface area contributed by atoms with E-state index >= 15 is 0 Å². The van der Waals surface area contributed by atoms with Crippen LogP contribution in [0, 0.1) is 0 Å². The molecule has 0 fully saturated rings. The van der Waals surface area contributed by atoms with Crippen LogP contribution >= 0.6 is 0 Å². The fourth-order valence-corrected chi connectivity index (χ4v) is 9.43. The first-order chi connectivity index (χ1) is 28.0. The van der Waals surface area contributed by atoms with E-state index in [1.807, 2.05) is 6.07 Å². The van der Waals surface area contributed by atoms with Crippen molar-refractivity contribution in [2.24, 2.45) is 0 Å². The zero-order valence-corrected chi connectivity index (χ0v) is 31.9. The summed E-state index contributed by atoms with van der Waals surface area (Å²) in [5.41, 5.74) is 14.9. The van der Waals surface area contributed by atoms with Crippen molar-refractivity contribution < 1.29 is 0 Å². The molecule has 0 amide bonds. The second-order valence-electron chi connectivity index (χ2n) is 15.7. The molecule has 1 heterocycles. The Kier molecular flexibility index (Phi) is 7.55. The SMILES string of the molecule is CC1(C)c2ccccc2-c2cccc(-c3ccccc3-c3cc(-c4cccc(-c5c6ccccc6cc6c5ccc5ccccc56)c4)nc(-c4ccccc4)n3)c21. The van der Waals surface area contributed by atoms with Crippen molar-refractivity contribution in [1.82, 2.24) is 9.97 Å². The highest BCUT2D eigenvalue weighted by Crippen LogP contribution is 2.53. The predicted molar refractivity (Wildman–Crippen MR) is 239 cm³/mol. The molecule has 0 spiro atoms. The molecule has 2 heteroatoms. The number of benzene rings is 9. The molecular weight excluding hydrogens is 689 g/mol. The van der Waals surface area contributed by atoms with Gasteiger partial charge < -0.3 is 0 Å². The van der Waals surface area contributed by atoms with Gasteiger partial charge in [-0.05, 0) is 95.0 Å². The number of fused-ring (bicyclic) bond motifs is 7. The Morgan fingerprint density at radius 2 is 0.947 bits per heavy atom. The minimum Gasteiger partial charge on any atom is -0.228 e. The Bertz CT molecular complexity index is 3210. The van der Waals surface area contributed by atoms with E-state index < -0.39 is 0 Å². The maximum Gasteiger partial charge on any atom is 0.160 e. The highest BCUT2D eigenvalue weighted by atomic mass is 14.9. The summed E-state index contributed by atoms with van der Waals surface area (Å²) in [6, 6.07) is 70.1. The van der Waals surface area contributed by atoms with E-state index in [0.717, 1.165) is 33.6 Å². The molecule has 57 heavy (non-hydrogen) atoms. The molecule has 9 aromatic carbocycles.